The van der Waals surface area contributed by atoms with Crippen LogP contribution in [-0.4, -0.2) is 17.6 Å². The SMILES string of the molecule is O=C(/C=C/c1ccc2ncccc2c1)c1ccc2c(c1)OCO2. The highest BCUT2D eigenvalue weighted by Gasteiger charge is 2.14. The molecule has 112 valence electrons. The highest BCUT2D eigenvalue weighted by atomic mass is 16.7. The minimum atomic E-state index is -0.0745. The van der Waals surface area contributed by atoms with Crippen LogP contribution in [0.5, 0.6) is 11.5 Å². The lowest BCUT2D eigenvalue weighted by Gasteiger charge is -2.00. The lowest BCUT2D eigenvalue weighted by Crippen LogP contribution is -1.94. The third-order valence-corrected chi connectivity index (χ3v) is 3.71. The maximum absolute atomic E-state index is 12.3. The lowest BCUT2D eigenvalue weighted by molar-refractivity contribution is 0.104. The van der Waals surface area contributed by atoms with E-state index in [-0.39, 0.29) is 12.6 Å². The average molecular weight is 303 g/mol. The molecule has 0 radical (unpaired) electrons. The Morgan fingerprint density at radius 1 is 1.04 bits per heavy atom. The van der Waals surface area contributed by atoms with Crippen LogP contribution in [0.25, 0.3) is 17.0 Å². The van der Waals surface area contributed by atoms with Crippen LogP contribution in [0.15, 0.2) is 60.8 Å². The van der Waals surface area contributed by atoms with Crippen molar-refractivity contribution in [3.8, 4) is 11.5 Å². The van der Waals surface area contributed by atoms with E-state index in [0.29, 0.717) is 17.1 Å². The number of hydrogen-bond acceptors (Lipinski definition) is 4. The van der Waals surface area contributed by atoms with Gasteiger partial charge in [-0.1, -0.05) is 18.2 Å². The zero-order valence-corrected chi connectivity index (χ0v) is 12.2. The van der Waals surface area contributed by atoms with Crippen molar-refractivity contribution in [2.45, 2.75) is 0 Å². The third-order valence-electron chi connectivity index (χ3n) is 3.71. The van der Waals surface area contributed by atoms with Crippen LogP contribution in [0.3, 0.4) is 0 Å². The van der Waals surface area contributed by atoms with Gasteiger partial charge in [0.15, 0.2) is 17.3 Å². The molecular weight excluding hydrogens is 290 g/mol. The van der Waals surface area contributed by atoms with E-state index < -0.39 is 0 Å². The summed E-state index contributed by atoms with van der Waals surface area (Å²) in [7, 11) is 0. The van der Waals surface area contributed by atoms with Crippen molar-refractivity contribution < 1.29 is 14.3 Å². The summed E-state index contributed by atoms with van der Waals surface area (Å²) in [6.07, 6.45) is 5.13. The Labute approximate surface area is 133 Å². The number of rotatable bonds is 3. The molecule has 1 aliphatic rings. The Hall–Kier alpha value is -3.14. The number of aromatic nitrogens is 1. The van der Waals surface area contributed by atoms with Crippen molar-refractivity contribution in [2.75, 3.05) is 6.79 Å². The molecule has 2 aromatic carbocycles. The summed E-state index contributed by atoms with van der Waals surface area (Å²) in [6, 6.07) is 15.0. The maximum Gasteiger partial charge on any atom is 0.231 e. The molecule has 0 bridgehead atoms. The number of nitrogens with zero attached hydrogens (tertiary/aromatic N) is 1. The van der Waals surface area contributed by atoms with Crippen molar-refractivity contribution in [3.05, 3.63) is 71.9 Å². The van der Waals surface area contributed by atoms with E-state index >= 15 is 0 Å². The van der Waals surface area contributed by atoms with Crippen LogP contribution in [0, 0.1) is 0 Å². The molecule has 4 rings (SSSR count). The van der Waals surface area contributed by atoms with Crippen LogP contribution in [-0.2, 0) is 0 Å². The summed E-state index contributed by atoms with van der Waals surface area (Å²) in [5.74, 6) is 1.21. The van der Waals surface area contributed by atoms with Crippen LogP contribution < -0.4 is 9.47 Å². The fourth-order valence-electron chi connectivity index (χ4n) is 2.52. The predicted molar refractivity (Wildman–Crippen MR) is 87.7 cm³/mol. The monoisotopic (exact) mass is 303 g/mol. The first kappa shape index (κ1) is 13.5. The van der Waals surface area contributed by atoms with E-state index in [1.54, 1.807) is 36.5 Å². The zero-order chi connectivity index (χ0) is 15.6. The van der Waals surface area contributed by atoms with Gasteiger partial charge in [0.25, 0.3) is 0 Å². The molecule has 0 amide bonds. The van der Waals surface area contributed by atoms with Crippen LogP contribution in [0.4, 0.5) is 0 Å². The van der Waals surface area contributed by atoms with E-state index in [2.05, 4.69) is 4.98 Å². The first-order valence-electron chi connectivity index (χ1n) is 7.26. The van der Waals surface area contributed by atoms with Crippen molar-refractivity contribution in [1.82, 2.24) is 4.98 Å². The number of fused-ring (bicyclic) bond motifs is 2. The number of allylic oxidation sites excluding steroid dienone is 1. The van der Waals surface area contributed by atoms with Crippen LogP contribution >= 0.6 is 0 Å². The van der Waals surface area contributed by atoms with Crippen molar-refractivity contribution >= 4 is 22.8 Å². The molecule has 0 aliphatic carbocycles. The van der Waals surface area contributed by atoms with Gasteiger partial charge in [-0.05, 0) is 48.0 Å². The normalized spacial score (nSPS) is 12.9. The molecule has 0 unspecified atom stereocenters. The second-order valence-corrected chi connectivity index (χ2v) is 5.22. The van der Waals surface area contributed by atoms with Crippen molar-refractivity contribution in [2.24, 2.45) is 0 Å². The molecule has 0 saturated carbocycles. The van der Waals surface area contributed by atoms with Gasteiger partial charge in [0.05, 0.1) is 5.52 Å². The Balaban J connectivity index is 1.58. The quantitative estimate of drug-likeness (QED) is 0.544. The Morgan fingerprint density at radius 2 is 1.96 bits per heavy atom. The molecule has 2 heterocycles. The number of carbonyl (C=O) groups excluding carboxylic acids is 1. The minimum absolute atomic E-state index is 0.0745. The number of carbonyl (C=O) groups is 1. The Morgan fingerprint density at radius 3 is 2.91 bits per heavy atom. The van der Waals surface area contributed by atoms with E-state index in [1.807, 2.05) is 30.3 Å². The summed E-state index contributed by atoms with van der Waals surface area (Å²) < 4.78 is 10.5. The molecule has 1 aromatic heterocycles. The van der Waals surface area contributed by atoms with Gasteiger partial charge in [-0.25, -0.2) is 0 Å². The molecule has 0 spiro atoms. The fourth-order valence-corrected chi connectivity index (χ4v) is 2.52. The topological polar surface area (TPSA) is 48.4 Å². The largest absolute Gasteiger partial charge is 0.454 e. The number of benzene rings is 2. The van der Waals surface area contributed by atoms with Crippen LogP contribution in [0.1, 0.15) is 15.9 Å². The van der Waals surface area contributed by atoms with E-state index in [9.17, 15) is 4.79 Å². The summed E-state index contributed by atoms with van der Waals surface area (Å²) in [4.78, 5) is 16.6. The highest BCUT2D eigenvalue weighted by Crippen LogP contribution is 2.32. The van der Waals surface area contributed by atoms with Gasteiger partial charge in [0.2, 0.25) is 6.79 Å². The fraction of sp³-hybridized carbons (Fsp3) is 0.0526. The van der Waals surface area contributed by atoms with Crippen molar-refractivity contribution in [3.63, 3.8) is 0 Å². The zero-order valence-electron chi connectivity index (χ0n) is 12.2. The molecule has 0 saturated heterocycles. The summed E-state index contributed by atoms with van der Waals surface area (Å²) >= 11 is 0. The third kappa shape index (κ3) is 2.66. The smallest absolute Gasteiger partial charge is 0.231 e. The van der Waals surface area contributed by atoms with Gasteiger partial charge < -0.3 is 9.47 Å². The van der Waals surface area contributed by atoms with E-state index in [0.717, 1.165) is 16.5 Å². The number of pyridine rings is 1. The van der Waals surface area contributed by atoms with Gasteiger partial charge >= 0.3 is 0 Å². The molecule has 23 heavy (non-hydrogen) atoms. The van der Waals surface area contributed by atoms with Gasteiger partial charge in [-0.3, -0.25) is 9.78 Å². The second-order valence-electron chi connectivity index (χ2n) is 5.22. The number of ketones is 1. The number of hydrogen-bond donors (Lipinski definition) is 0. The van der Waals surface area contributed by atoms with E-state index in [4.69, 9.17) is 9.47 Å². The average Bonchev–Trinajstić information content (AvgIpc) is 3.07. The second kappa shape index (κ2) is 5.57. The molecule has 0 atom stereocenters. The van der Waals surface area contributed by atoms with Crippen molar-refractivity contribution in [1.29, 1.82) is 0 Å². The molecular formula is C19H13NO3. The van der Waals surface area contributed by atoms with Gasteiger partial charge in [-0.2, -0.15) is 0 Å². The predicted octanol–water partition coefficient (Wildman–Crippen LogP) is 3.86. The highest BCUT2D eigenvalue weighted by molar-refractivity contribution is 6.07. The molecule has 0 N–H and O–H groups in total. The molecule has 1 aliphatic heterocycles. The Bertz CT molecular complexity index is 931. The lowest BCUT2D eigenvalue weighted by atomic mass is 10.1. The summed E-state index contributed by atoms with van der Waals surface area (Å²) in [5, 5.41) is 1.05. The maximum atomic E-state index is 12.3. The van der Waals surface area contributed by atoms with Gasteiger partial charge in [0, 0.05) is 17.1 Å². The first-order valence-corrected chi connectivity index (χ1v) is 7.26. The molecule has 4 nitrogen and oxygen atoms in total. The molecule has 0 fully saturated rings. The number of ether oxygens (including phenoxy) is 2. The summed E-state index contributed by atoms with van der Waals surface area (Å²) in [5.41, 5.74) is 2.47. The first-order chi connectivity index (χ1) is 11.3. The molecule has 4 heteroatoms. The molecule has 3 aromatic rings. The van der Waals surface area contributed by atoms with Gasteiger partial charge in [-0.15, -0.1) is 0 Å². The Kier molecular flexibility index (Phi) is 3.27. The van der Waals surface area contributed by atoms with E-state index in [1.165, 1.54) is 0 Å². The summed E-state index contributed by atoms with van der Waals surface area (Å²) in [6.45, 7) is 0.202. The standard InChI is InChI=1S/C19H13NO3/c21-17(15-5-8-18-19(11-15)23-12-22-18)7-4-13-3-6-16-14(10-13)2-1-9-20-16/h1-11H,12H2/b7-4+. The van der Waals surface area contributed by atoms with Gasteiger partial charge in [0.1, 0.15) is 0 Å². The minimum Gasteiger partial charge on any atom is -0.454 e. The van der Waals surface area contributed by atoms with Crippen LogP contribution in [0.2, 0.25) is 0 Å².